The summed E-state index contributed by atoms with van der Waals surface area (Å²) in [6.45, 7) is 0. The van der Waals surface area contributed by atoms with Crippen LogP contribution in [-0.2, 0) is 0 Å². The number of hydrogen-bond donors (Lipinski definition) is 2. The van der Waals surface area contributed by atoms with Crippen molar-refractivity contribution in [2.75, 3.05) is 0 Å². The first-order valence-electron chi connectivity index (χ1n) is 3.55. The number of fused-ring (bicyclic) bond motifs is 1. The number of rotatable bonds is 0. The number of halogens is 1. The van der Waals surface area contributed by atoms with Gasteiger partial charge in [0, 0.05) is 6.20 Å². The zero-order valence-corrected chi connectivity index (χ0v) is 8.57. The molecule has 0 atom stereocenters. The highest BCUT2D eigenvalue weighted by Gasteiger charge is 2.08. The van der Waals surface area contributed by atoms with E-state index in [2.05, 4.69) is 9.97 Å². The predicted molar refractivity (Wildman–Crippen MR) is 56.7 cm³/mol. The van der Waals surface area contributed by atoms with Gasteiger partial charge in [-0.05, 0) is 34.7 Å². The van der Waals surface area contributed by atoms with Crippen molar-refractivity contribution < 1.29 is 5.11 Å². The van der Waals surface area contributed by atoms with E-state index in [1.807, 2.05) is 0 Å². The van der Waals surface area contributed by atoms with E-state index in [4.69, 9.17) is 0 Å². The van der Waals surface area contributed by atoms with Gasteiger partial charge in [0.2, 0.25) is 0 Å². The fourth-order valence-electron chi connectivity index (χ4n) is 1.08. The molecule has 0 amide bonds. The maximum atomic E-state index is 11.2. The summed E-state index contributed by atoms with van der Waals surface area (Å²) in [5.41, 5.74) is 0.0923. The van der Waals surface area contributed by atoms with Crippen LogP contribution in [0.2, 0.25) is 0 Å². The van der Waals surface area contributed by atoms with E-state index in [0.717, 1.165) is 0 Å². The van der Waals surface area contributed by atoms with E-state index >= 15 is 0 Å². The lowest BCUT2D eigenvalue weighted by Crippen LogP contribution is -2.09. The molecule has 0 aliphatic carbocycles. The van der Waals surface area contributed by atoms with Crippen molar-refractivity contribution in [1.29, 1.82) is 0 Å². The van der Waals surface area contributed by atoms with Crippen LogP contribution >= 0.6 is 22.6 Å². The maximum absolute atomic E-state index is 11.2. The van der Waals surface area contributed by atoms with Crippen molar-refractivity contribution in [3.63, 3.8) is 0 Å². The number of nitrogens with zero attached hydrogens (tertiary/aromatic N) is 1. The number of pyridine rings is 2. The highest BCUT2D eigenvalue weighted by Crippen LogP contribution is 2.23. The fourth-order valence-corrected chi connectivity index (χ4v) is 1.51. The van der Waals surface area contributed by atoms with Gasteiger partial charge in [0.1, 0.15) is 15.0 Å². The van der Waals surface area contributed by atoms with Crippen LogP contribution in [-0.4, -0.2) is 15.1 Å². The van der Waals surface area contributed by atoms with E-state index in [1.54, 1.807) is 40.9 Å². The third-order valence-electron chi connectivity index (χ3n) is 1.70. The van der Waals surface area contributed by atoms with Crippen molar-refractivity contribution in [3.05, 3.63) is 32.3 Å². The van der Waals surface area contributed by atoms with Crippen molar-refractivity contribution in [3.8, 4) is 5.75 Å². The Morgan fingerprint density at radius 2 is 2.31 bits per heavy atom. The molecule has 0 spiro atoms. The van der Waals surface area contributed by atoms with Crippen molar-refractivity contribution in [1.82, 2.24) is 9.97 Å². The second-order valence-electron chi connectivity index (χ2n) is 2.52. The van der Waals surface area contributed by atoms with Gasteiger partial charge in [-0.3, -0.25) is 4.79 Å². The van der Waals surface area contributed by atoms with Gasteiger partial charge in [-0.15, -0.1) is 0 Å². The SMILES string of the molecule is O=c1[nH]c2ncccc2c(O)c1I. The average Bonchev–Trinajstić information content (AvgIpc) is 2.15. The Morgan fingerprint density at radius 3 is 3.08 bits per heavy atom. The molecule has 66 valence electrons. The molecule has 2 aromatic rings. The molecule has 2 rings (SSSR count). The van der Waals surface area contributed by atoms with Crippen LogP contribution in [0.3, 0.4) is 0 Å². The highest BCUT2D eigenvalue weighted by molar-refractivity contribution is 14.1. The van der Waals surface area contributed by atoms with E-state index in [0.29, 0.717) is 11.0 Å². The second kappa shape index (κ2) is 2.99. The zero-order valence-electron chi connectivity index (χ0n) is 6.41. The lowest BCUT2D eigenvalue weighted by Gasteiger charge is -2.00. The summed E-state index contributed by atoms with van der Waals surface area (Å²) >= 11 is 1.80. The number of H-pyrrole nitrogens is 1. The minimum absolute atomic E-state index is 0.00699. The minimum Gasteiger partial charge on any atom is -0.506 e. The Balaban J connectivity index is 3.02. The lowest BCUT2D eigenvalue weighted by atomic mass is 10.3. The Kier molecular flexibility index (Phi) is 1.95. The van der Waals surface area contributed by atoms with Gasteiger partial charge in [-0.25, -0.2) is 4.98 Å². The number of aromatic hydroxyl groups is 1. The fraction of sp³-hybridized carbons (Fsp3) is 0. The summed E-state index contributed by atoms with van der Waals surface area (Å²) in [6.07, 6.45) is 1.56. The summed E-state index contributed by atoms with van der Waals surface area (Å²) in [7, 11) is 0. The van der Waals surface area contributed by atoms with Crippen LogP contribution in [0.5, 0.6) is 5.75 Å². The minimum atomic E-state index is -0.315. The van der Waals surface area contributed by atoms with Crippen molar-refractivity contribution >= 4 is 33.6 Å². The molecule has 13 heavy (non-hydrogen) atoms. The van der Waals surface area contributed by atoms with E-state index in [-0.39, 0.29) is 14.9 Å². The van der Waals surface area contributed by atoms with Gasteiger partial charge in [-0.1, -0.05) is 0 Å². The van der Waals surface area contributed by atoms with Crippen LogP contribution in [0.25, 0.3) is 11.0 Å². The number of nitrogens with one attached hydrogen (secondary N) is 1. The molecule has 0 radical (unpaired) electrons. The maximum Gasteiger partial charge on any atom is 0.266 e. The Bertz CT molecular complexity index is 521. The van der Waals surface area contributed by atoms with Gasteiger partial charge in [0.05, 0.1) is 5.39 Å². The number of aromatic amines is 1. The first-order chi connectivity index (χ1) is 6.20. The number of hydrogen-bond acceptors (Lipinski definition) is 3. The van der Waals surface area contributed by atoms with Gasteiger partial charge in [0.15, 0.2) is 0 Å². The molecule has 0 aliphatic heterocycles. The molecule has 0 saturated carbocycles. The summed E-state index contributed by atoms with van der Waals surface area (Å²) in [6, 6.07) is 3.41. The second-order valence-corrected chi connectivity index (χ2v) is 3.60. The first kappa shape index (κ1) is 8.49. The molecule has 4 nitrogen and oxygen atoms in total. The van der Waals surface area contributed by atoms with E-state index < -0.39 is 0 Å². The van der Waals surface area contributed by atoms with Crippen LogP contribution < -0.4 is 5.56 Å². The molecule has 5 heteroatoms. The third kappa shape index (κ3) is 1.28. The standard InChI is InChI=1S/C8H5IN2O2/c9-5-6(12)4-2-1-3-10-7(4)11-8(5)13/h1-3H,(H2,10,11,12,13). The monoisotopic (exact) mass is 288 g/mol. The molecular weight excluding hydrogens is 283 g/mol. The summed E-state index contributed by atoms with van der Waals surface area (Å²) in [5, 5.41) is 10.1. The average molecular weight is 288 g/mol. The lowest BCUT2D eigenvalue weighted by molar-refractivity contribution is 0.476. The third-order valence-corrected chi connectivity index (χ3v) is 2.70. The van der Waals surface area contributed by atoms with E-state index in [1.165, 1.54) is 0 Å². The Morgan fingerprint density at radius 1 is 1.54 bits per heavy atom. The van der Waals surface area contributed by atoms with Crippen molar-refractivity contribution in [2.24, 2.45) is 0 Å². The molecular formula is C8H5IN2O2. The van der Waals surface area contributed by atoms with E-state index in [9.17, 15) is 9.90 Å². The smallest absolute Gasteiger partial charge is 0.266 e. The van der Waals surface area contributed by atoms with Gasteiger partial charge in [0.25, 0.3) is 5.56 Å². The quantitative estimate of drug-likeness (QED) is 0.717. The normalized spacial score (nSPS) is 10.5. The van der Waals surface area contributed by atoms with Crippen LogP contribution in [0, 0.1) is 3.57 Å². The van der Waals surface area contributed by atoms with Gasteiger partial charge >= 0.3 is 0 Å². The molecule has 2 aromatic heterocycles. The predicted octanol–water partition coefficient (Wildman–Crippen LogP) is 1.23. The summed E-state index contributed by atoms with van der Waals surface area (Å²) in [5.74, 6) is -0.00699. The molecule has 0 unspecified atom stereocenters. The molecule has 2 N–H and O–H groups in total. The summed E-state index contributed by atoms with van der Waals surface area (Å²) in [4.78, 5) is 17.7. The summed E-state index contributed by atoms with van der Waals surface area (Å²) < 4.78 is 0.290. The zero-order chi connectivity index (χ0) is 9.42. The molecule has 0 aliphatic rings. The highest BCUT2D eigenvalue weighted by atomic mass is 127. The van der Waals surface area contributed by atoms with Crippen molar-refractivity contribution in [2.45, 2.75) is 0 Å². The first-order valence-corrected chi connectivity index (χ1v) is 4.63. The molecule has 0 aromatic carbocycles. The molecule has 0 bridgehead atoms. The van der Waals surface area contributed by atoms with Crippen LogP contribution in [0.4, 0.5) is 0 Å². The number of aromatic nitrogens is 2. The Hall–Kier alpha value is -1.11. The molecule has 0 fully saturated rings. The van der Waals surface area contributed by atoms with Gasteiger partial charge < -0.3 is 10.1 Å². The largest absolute Gasteiger partial charge is 0.506 e. The van der Waals surface area contributed by atoms with Crippen LogP contribution in [0.1, 0.15) is 0 Å². The topological polar surface area (TPSA) is 66.0 Å². The molecule has 0 saturated heterocycles. The Labute approximate surface area is 86.8 Å². The van der Waals surface area contributed by atoms with Gasteiger partial charge in [-0.2, -0.15) is 0 Å². The van der Waals surface area contributed by atoms with Crippen LogP contribution in [0.15, 0.2) is 23.1 Å². The molecule has 2 heterocycles.